The third kappa shape index (κ3) is 3.70. The van der Waals surface area contributed by atoms with Crippen LogP contribution < -0.4 is 15.4 Å². The van der Waals surface area contributed by atoms with E-state index in [9.17, 15) is 4.79 Å². The fraction of sp³-hybridized carbons (Fsp3) is 0.417. The maximum Gasteiger partial charge on any atom is 0.170 e. The molecule has 0 bridgehead atoms. The van der Waals surface area contributed by atoms with Crippen molar-refractivity contribution in [2.75, 3.05) is 19.6 Å². The molecule has 0 radical (unpaired) electrons. The molecule has 0 amide bonds. The molecule has 1 aliphatic heterocycles. The molecule has 1 fully saturated rings. The van der Waals surface area contributed by atoms with Crippen molar-refractivity contribution in [1.82, 2.24) is 10.6 Å². The number of halogens is 1. The van der Waals surface area contributed by atoms with Crippen LogP contribution in [0.2, 0.25) is 0 Å². The summed E-state index contributed by atoms with van der Waals surface area (Å²) in [5.74, 6) is 0.768. The number of nitrogens with one attached hydrogen (secondary N) is 2. The molecule has 2 rings (SSSR count). The van der Waals surface area contributed by atoms with E-state index in [1.165, 1.54) is 0 Å². The van der Waals surface area contributed by atoms with E-state index in [1.807, 2.05) is 19.1 Å². The van der Waals surface area contributed by atoms with Crippen molar-refractivity contribution >= 4 is 18.7 Å². The second-order valence-corrected chi connectivity index (χ2v) is 4.12. The van der Waals surface area contributed by atoms with E-state index >= 15 is 0 Å². The van der Waals surface area contributed by atoms with Crippen LogP contribution in [-0.4, -0.2) is 31.6 Å². The van der Waals surface area contributed by atoms with Gasteiger partial charge in [-0.25, -0.2) is 0 Å². The van der Waals surface area contributed by atoms with E-state index in [-0.39, 0.29) is 18.1 Å². The molecule has 1 aliphatic rings. The Morgan fingerprint density at radius 1 is 1.29 bits per heavy atom. The summed E-state index contributed by atoms with van der Waals surface area (Å²) in [5, 5.41) is 6.59. The molecule has 4 nitrogen and oxygen atoms in total. The number of aldehydes is 1. The minimum absolute atomic E-state index is 0. The van der Waals surface area contributed by atoms with Crippen molar-refractivity contribution < 1.29 is 9.53 Å². The van der Waals surface area contributed by atoms with E-state index in [4.69, 9.17) is 4.74 Å². The van der Waals surface area contributed by atoms with Gasteiger partial charge >= 0.3 is 0 Å². The first-order chi connectivity index (χ1) is 7.72. The zero-order chi connectivity index (χ0) is 11.4. The lowest BCUT2D eigenvalue weighted by Crippen LogP contribution is -2.60. The molecule has 0 spiro atoms. The van der Waals surface area contributed by atoms with Crippen LogP contribution in [0.1, 0.15) is 17.3 Å². The summed E-state index contributed by atoms with van der Waals surface area (Å²) in [6.07, 6.45) is 0.825. The number of hydrogen-bond acceptors (Lipinski definition) is 4. The highest BCUT2D eigenvalue weighted by atomic mass is 35.5. The molecule has 17 heavy (non-hydrogen) atoms. The summed E-state index contributed by atoms with van der Waals surface area (Å²) >= 11 is 0. The molecule has 5 heteroatoms. The van der Waals surface area contributed by atoms with Gasteiger partial charge in [0.25, 0.3) is 0 Å². The molecular weight excluding hydrogens is 240 g/mol. The largest absolute Gasteiger partial charge is 0.472 e. The summed E-state index contributed by atoms with van der Waals surface area (Å²) < 4.78 is 5.85. The number of ether oxygens (including phenoxy) is 1. The summed E-state index contributed by atoms with van der Waals surface area (Å²) in [6, 6.07) is 7.13. The Balaban J connectivity index is 0.00000144. The van der Waals surface area contributed by atoms with E-state index < -0.39 is 0 Å². The number of carbonyl (C=O) groups excluding carboxylic acids is 1. The third-order valence-corrected chi connectivity index (χ3v) is 2.62. The Morgan fingerprint density at radius 2 is 2.00 bits per heavy atom. The van der Waals surface area contributed by atoms with Gasteiger partial charge in [-0.05, 0) is 31.2 Å². The van der Waals surface area contributed by atoms with Gasteiger partial charge in [-0.1, -0.05) is 0 Å². The Hall–Kier alpha value is -1.10. The molecular formula is C12H17ClN2O2. The van der Waals surface area contributed by atoms with Crippen molar-refractivity contribution in [1.29, 1.82) is 0 Å². The molecule has 1 aromatic carbocycles. The lowest BCUT2D eigenvalue weighted by molar-refractivity contribution is 0.0381. The molecule has 2 N–H and O–H groups in total. The molecule has 1 saturated heterocycles. The maximum atomic E-state index is 10.5. The van der Waals surface area contributed by atoms with Gasteiger partial charge < -0.3 is 10.1 Å². The van der Waals surface area contributed by atoms with Gasteiger partial charge in [0.2, 0.25) is 0 Å². The summed E-state index contributed by atoms with van der Waals surface area (Å²) in [4.78, 5) is 10.5. The number of piperazine rings is 1. The molecule has 1 heterocycles. The Bertz CT molecular complexity index is 361. The highest BCUT2D eigenvalue weighted by molar-refractivity contribution is 5.85. The minimum Gasteiger partial charge on any atom is -0.472 e. The molecule has 0 aliphatic carbocycles. The topological polar surface area (TPSA) is 50.4 Å². The number of benzene rings is 1. The van der Waals surface area contributed by atoms with Crippen molar-refractivity contribution in [3.8, 4) is 5.75 Å². The highest BCUT2D eigenvalue weighted by Crippen LogP contribution is 2.17. The van der Waals surface area contributed by atoms with Crippen LogP contribution in [0.25, 0.3) is 0 Å². The second-order valence-electron chi connectivity index (χ2n) is 4.12. The van der Waals surface area contributed by atoms with Crippen LogP contribution >= 0.6 is 12.4 Å². The van der Waals surface area contributed by atoms with Gasteiger partial charge in [0.05, 0.1) is 0 Å². The molecule has 1 atom stereocenters. The Morgan fingerprint density at radius 3 is 2.53 bits per heavy atom. The van der Waals surface area contributed by atoms with Crippen molar-refractivity contribution in [3.63, 3.8) is 0 Å². The van der Waals surface area contributed by atoms with Gasteiger partial charge in [0, 0.05) is 25.2 Å². The zero-order valence-corrected chi connectivity index (χ0v) is 10.5. The molecule has 0 saturated carbocycles. The predicted molar refractivity (Wildman–Crippen MR) is 69.0 cm³/mol. The van der Waals surface area contributed by atoms with Gasteiger partial charge in [-0.2, -0.15) is 0 Å². The van der Waals surface area contributed by atoms with Gasteiger partial charge in [0.1, 0.15) is 12.0 Å². The van der Waals surface area contributed by atoms with Crippen molar-refractivity contribution in [2.24, 2.45) is 0 Å². The number of hydrogen-bond donors (Lipinski definition) is 2. The summed E-state index contributed by atoms with van der Waals surface area (Å²) in [6.45, 7) is 4.63. The first-order valence-corrected chi connectivity index (χ1v) is 5.42. The fourth-order valence-corrected chi connectivity index (χ4v) is 1.75. The average Bonchev–Trinajstić information content (AvgIpc) is 2.30. The predicted octanol–water partition coefficient (Wildman–Crippen LogP) is 1.21. The number of carbonyl (C=O) groups is 1. The zero-order valence-electron chi connectivity index (χ0n) is 9.73. The Kier molecular flexibility index (Phi) is 4.93. The lowest BCUT2D eigenvalue weighted by atomic mass is 10.2. The molecule has 0 aromatic heterocycles. The second kappa shape index (κ2) is 6.00. The van der Waals surface area contributed by atoms with Gasteiger partial charge in [-0.3, -0.25) is 10.1 Å². The van der Waals surface area contributed by atoms with Crippen molar-refractivity contribution in [3.05, 3.63) is 29.8 Å². The van der Waals surface area contributed by atoms with Crippen LogP contribution in [0.4, 0.5) is 0 Å². The van der Waals surface area contributed by atoms with Crippen LogP contribution in [0.3, 0.4) is 0 Å². The SMILES string of the molecule is C[C@@]1(Oc2ccc(C=O)cc2)CNCCN1.Cl. The van der Waals surface area contributed by atoms with Crippen LogP contribution in [0.5, 0.6) is 5.75 Å². The Labute approximate surface area is 107 Å². The normalized spacial score (nSPS) is 23.6. The monoisotopic (exact) mass is 256 g/mol. The molecule has 0 unspecified atom stereocenters. The smallest absolute Gasteiger partial charge is 0.170 e. The maximum absolute atomic E-state index is 10.5. The molecule has 94 valence electrons. The van der Waals surface area contributed by atoms with Gasteiger partial charge in [0.15, 0.2) is 5.72 Å². The van der Waals surface area contributed by atoms with E-state index in [0.717, 1.165) is 31.7 Å². The first-order valence-electron chi connectivity index (χ1n) is 5.42. The van der Waals surface area contributed by atoms with E-state index in [1.54, 1.807) is 12.1 Å². The minimum atomic E-state index is -0.374. The highest BCUT2D eigenvalue weighted by Gasteiger charge is 2.27. The van der Waals surface area contributed by atoms with Crippen LogP contribution in [-0.2, 0) is 0 Å². The summed E-state index contributed by atoms with van der Waals surface area (Å²) in [7, 11) is 0. The van der Waals surface area contributed by atoms with Crippen molar-refractivity contribution in [2.45, 2.75) is 12.6 Å². The number of rotatable bonds is 3. The molecule has 1 aromatic rings. The lowest BCUT2D eigenvalue weighted by Gasteiger charge is -2.35. The fourth-order valence-electron chi connectivity index (χ4n) is 1.75. The van der Waals surface area contributed by atoms with Crippen LogP contribution in [0, 0.1) is 0 Å². The quantitative estimate of drug-likeness (QED) is 0.799. The average molecular weight is 257 g/mol. The van der Waals surface area contributed by atoms with E-state index in [2.05, 4.69) is 10.6 Å². The van der Waals surface area contributed by atoms with E-state index in [0.29, 0.717) is 5.56 Å². The first kappa shape index (κ1) is 14.0. The van der Waals surface area contributed by atoms with Gasteiger partial charge in [-0.15, -0.1) is 12.4 Å². The van der Waals surface area contributed by atoms with Crippen LogP contribution in [0.15, 0.2) is 24.3 Å². The third-order valence-electron chi connectivity index (χ3n) is 2.62. The summed E-state index contributed by atoms with van der Waals surface area (Å²) in [5.41, 5.74) is 0.285. The standard InChI is InChI=1S/C12H16N2O2.ClH/c1-12(9-13-6-7-14-12)16-11-4-2-10(8-15)3-5-11;/h2-5,8,13-14H,6-7,9H2,1H3;1H/t12-;/m1./s1.